The van der Waals surface area contributed by atoms with Crippen LogP contribution in [0.5, 0.6) is 0 Å². The molecular formula is C19H29N3O. The van der Waals surface area contributed by atoms with E-state index >= 15 is 0 Å². The molecule has 0 aromatic carbocycles. The fourth-order valence-electron chi connectivity index (χ4n) is 4.14. The van der Waals surface area contributed by atoms with Gasteiger partial charge in [-0.25, -0.2) is 0 Å². The summed E-state index contributed by atoms with van der Waals surface area (Å²) in [4.78, 5) is 21.9. The Morgan fingerprint density at radius 2 is 1.91 bits per heavy atom. The number of carbonyl (C=O) groups excluding carboxylic acids is 1. The molecule has 4 nitrogen and oxygen atoms in total. The standard InChI is InChI=1S/C19H29N3O/c1-21-13-6-2-3-7-14-22(15-16-9-4-5-12-20-16)18-11-8-10-17(18)19(21)23/h4-5,9,12,17-18H,2-3,6-8,10-11,13-15H2,1H3. The summed E-state index contributed by atoms with van der Waals surface area (Å²) in [6.07, 6.45) is 10.1. The summed E-state index contributed by atoms with van der Waals surface area (Å²) in [6.45, 7) is 2.88. The molecule has 1 aromatic heterocycles. The quantitative estimate of drug-likeness (QED) is 0.841. The smallest absolute Gasteiger partial charge is 0.227 e. The Morgan fingerprint density at radius 1 is 1.09 bits per heavy atom. The lowest BCUT2D eigenvalue weighted by atomic mass is 9.99. The molecule has 2 aliphatic rings. The van der Waals surface area contributed by atoms with Gasteiger partial charge in [-0.05, 0) is 44.4 Å². The number of amides is 1. The minimum absolute atomic E-state index is 0.182. The molecule has 2 fully saturated rings. The van der Waals surface area contributed by atoms with Crippen molar-refractivity contribution in [1.29, 1.82) is 0 Å². The Hall–Kier alpha value is -1.42. The van der Waals surface area contributed by atoms with Gasteiger partial charge in [-0.3, -0.25) is 14.7 Å². The first-order valence-electron chi connectivity index (χ1n) is 9.14. The Bertz CT molecular complexity index is 505. The molecule has 1 aromatic rings. The molecule has 1 saturated carbocycles. The van der Waals surface area contributed by atoms with Gasteiger partial charge in [0, 0.05) is 32.4 Å². The molecule has 0 bridgehead atoms. The van der Waals surface area contributed by atoms with E-state index in [9.17, 15) is 4.79 Å². The van der Waals surface area contributed by atoms with Gasteiger partial charge < -0.3 is 4.90 Å². The van der Waals surface area contributed by atoms with Crippen LogP contribution in [0.15, 0.2) is 24.4 Å². The maximum atomic E-state index is 12.8. The highest BCUT2D eigenvalue weighted by Gasteiger charge is 2.38. The van der Waals surface area contributed by atoms with Gasteiger partial charge in [0.05, 0.1) is 11.6 Å². The van der Waals surface area contributed by atoms with Gasteiger partial charge >= 0.3 is 0 Å². The van der Waals surface area contributed by atoms with E-state index in [0.717, 1.165) is 44.6 Å². The third-order valence-electron chi connectivity index (χ3n) is 5.42. The third kappa shape index (κ3) is 4.11. The second-order valence-electron chi connectivity index (χ2n) is 7.07. The minimum Gasteiger partial charge on any atom is -0.345 e. The Labute approximate surface area is 139 Å². The summed E-state index contributed by atoms with van der Waals surface area (Å²) in [5.74, 6) is 0.544. The lowest BCUT2D eigenvalue weighted by Crippen LogP contribution is -2.44. The average Bonchev–Trinajstić information content (AvgIpc) is 3.05. The van der Waals surface area contributed by atoms with Gasteiger partial charge in [0.2, 0.25) is 5.91 Å². The van der Waals surface area contributed by atoms with E-state index in [1.165, 1.54) is 25.7 Å². The SMILES string of the molecule is CN1CCCCCCN(Cc2ccccn2)C2CCCC2C1=O. The molecule has 4 heteroatoms. The van der Waals surface area contributed by atoms with E-state index in [1.807, 2.05) is 24.2 Å². The lowest BCUT2D eigenvalue weighted by molar-refractivity contribution is -0.136. The lowest BCUT2D eigenvalue weighted by Gasteiger charge is -2.33. The number of pyridine rings is 1. The van der Waals surface area contributed by atoms with Crippen LogP contribution in [0.3, 0.4) is 0 Å². The summed E-state index contributed by atoms with van der Waals surface area (Å²) >= 11 is 0. The second kappa shape index (κ2) is 7.91. The van der Waals surface area contributed by atoms with Crippen LogP contribution in [-0.4, -0.2) is 46.9 Å². The molecule has 1 saturated heterocycles. The number of nitrogens with zero attached hydrogens (tertiary/aromatic N) is 3. The van der Waals surface area contributed by atoms with Gasteiger partial charge in [0.25, 0.3) is 0 Å². The van der Waals surface area contributed by atoms with Crippen LogP contribution in [0.2, 0.25) is 0 Å². The van der Waals surface area contributed by atoms with E-state index in [1.54, 1.807) is 0 Å². The minimum atomic E-state index is 0.182. The fraction of sp³-hybridized carbons (Fsp3) is 0.684. The number of hydrogen-bond acceptors (Lipinski definition) is 3. The van der Waals surface area contributed by atoms with Crippen molar-refractivity contribution >= 4 is 5.91 Å². The van der Waals surface area contributed by atoms with Crippen molar-refractivity contribution < 1.29 is 4.79 Å². The summed E-state index contributed by atoms with van der Waals surface area (Å²) in [5.41, 5.74) is 1.12. The molecule has 0 radical (unpaired) electrons. The maximum absolute atomic E-state index is 12.8. The predicted octanol–water partition coefficient (Wildman–Crippen LogP) is 3.08. The van der Waals surface area contributed by atoms with E-state index in [4.69, 9.17) is 0 Å². The van der Waals surface area contributed by atoms with Crippen LogP contribution >= 0.6 is 0 Å². The largest absolute Gasteiger partial charge is 0.345 e. The van der Waals surface area contributed by atoms with Gasteiger partial charge in [-0.1, -0.05) is 25.3 Å². The summed E-state index contributed by atoms with van der Waals surface area (Å²) in [5, 5.41) is 0. The van der Waals surface area contributed by atoms with Gasteiger partial charge in [-0.15, -0.1) is 0 Å². The molecule has 1 aliphatic carbocycles. The molecule has 3 rings (SSSR count). The number of aromatic nitrogens is 1. The zero-order valence-electron chi connectivity index (χ0n) is 14.3. The molecule has 0 spiro atoms. The Morgan fingerprint density at radius 3 is 2.70 bits per heavy atom. The summed E-state index contributed by atoms with van der Waals surface area (Å²) in [7, 11) is 1.98. The zero-order chi connectivity index (χ0) is 16.1. The molecule has 1 amide bonds. The van der Waals surface area contributed by atoms with Gasteiger partial charge in [0.1, 0.15) is 0 Å². The second-order valence-corrected chi connectivity index (χ2v) is 7.07. The van der Waals surface area contributed by atoms with Crippen molar-refractivity contribution in [2.45, 2.75) is 57.5 Å². The van der Waals surface area contributed by atoms with Crippen LogP contribution in [-0.2, 0) is 11.3 Å². The zero-order valence-corrected chi connectivity index (χ0v) is 14.3. The Kier molecular flexibility index (Phi) is 5.65. The van der Waals surface area contributed by atoms with Crippen LogP contribution in [0.4, 0.5) is 0 Å². The first-order chi connectivity index (χ1) is 11.3. The predicted molar refractivity (Wildman–Crippen MR) is 91.9 cm³/mol. The molecule has 2 heterocycles. The molecule has 1 aliphatic heterocycles. The highest BCUT2D eigenvalue weighted by molar-refractivity contribution is 5.79. The topological polar surface area (TPSA) is 36.4 Å². The third-order valence-corrected chi connectivity index (χ3v) is 5.42. The first-order valence-corrected chi connectivity index (χ1v) is 9.14. The van der Waals surface area contributed by atoms with Gasteiger partial charge in [-0.2, -0.15) is 0 Å². The van der Waals surface area contributed by atoms with Crippen molar-refractivity contribution in [2.75, 3.05) is 20.1 Å². The highest BCUT2D eigenvalue weighted by Crippen LogP contribution is 2.33. The number of rotatable bonds is 2. The Balaban J connectivity index is 1.78. The number of fused-ring (bicyclic) bond motifs is 1. The van der Waals surface area contributed by atoms with Crippen molar-refractivity contribution in [3.63, 3.8) is 0 Å². The number of hydrogen-bond donors (Lipinski definition) is 0. The molecular weight excluding hydrogens is 286 g/mol. The average molecular weight is 315 g/mol. The van der Waals surface area contributed by atoms with Crippen molar-refractivity contribution in [2.24, 2.45) is 5.92 Å². The molecule has 2 atom stereocenters. The first kappa shape index (κ1) is 16.4. The molecule has 2 unspecified atom stereocenters. The summed E-state index contributed by atoms with van der Waals surface area (Å²) in [6, 6.07) is 6.51. The van der Waals surface area contributed by atoms with Crippen molar-refractivity contribution in [3.8, 4) is 0 Å². The van der Waals surface area contributed by atoms with E-state index in [-0.39, 0.29) is 5.92 Å². The van der Waals surface area contributed by atoms with E-state index in [0.29, 0.717) is 11.9 Å². The van der Waals surface area contributed by atoms with Gasteiger partial charge in [0.15, 0.2) is 0 Å². The van der Waals surface area contributed by atoms with Crippen molar-refractivity contribution in [1.82, 2.24) is 14.8 Å². The molecule has 126 valence electrons. The van der Waals surface area contributed by atoms with Crippen LogP contribution in [0, 0.1) is 5.92 Å². The van der Waals surface area contributed by atoms with Crippen LogP contribution < -0.4 is 0 Å². The molecule has 23 heavy (non-hydrogen) atoms. The number of carbonyl (C=O) groups is 1. The van der Waals surface area contributed by atoms with E-state index in [2.05, 4.69) is 22.0 Å². The molecule has 0 N–H and O–H groups in total. The highest BCUT2D eigenvalue weighted by atomic mass is 16.2. The normalized spacial score (nSPS) is 27.5. The van der Waals surface area contributed by atoms with Crippen LogP contribution in [0.25, 0.3) is 0 Å². The summed E-state index contributed by atoms with van der Waals surface area (Å²) < 4.78 is 0. The van der Waals surface area contributed by atoms with E-state index < -0.39 is 0 Å². The fourth-order valence-corrected chi connectivity index (χ4v) is 4.14. The monoisotopic (exact) mass is 315 g/mol. The van der Waals surface area contributed by atoms with Crippen LogP contribution in [0.1, 0.15) is 50.6 Å². The van der Waals surface area contributed by atoms with Crippen molar-refractivity contribution in [3.05, 3.63) is 30.1 Å². The maximum Gasteiger partial charge on any atom is 0.227 e.